The van der Waals surface area contributed by atoms with Gasteiger partial charge in [-0.1, -0.05) is 30.3 Å². The Bertz CT molecular complexity index is 608. The van der Waals surface area contributed by atoms with Crippen LogP contribution in [0.25, 0.3) is 0 Å². The van der Waals surface area contributed by atoms with Gasteiger partial charge in [0.05, 0.1) is 0 Å². The minimum absolute atomic E-state index is 0.157. The van der Waals surface area contributed by atoms with Crippen LogP contribution in [0.5, 0.6) is 0 Å². The summed E-state index contributed by atoms with van der Waals surface area (Å²) in [5, 5.41) is 6.19. The molecule has 1 amide bonds. The van der Waals surface area contributed by atoms with Crippen LogP contribution in [0.4, 0.5) is 0 Å². The highest BCUT2D eigenvalue weighted by Crippen LogP contribution is 2.47. The van der Waals surface area contributed by atoms with Crippen molar-refractivity contribution in [2.45, 2.75) is 38.5 Å². The fourth-order valence-electron chi connectivity index (χ4n) is 3.90. The zero-order valence-corrected chi connectivity index (χ0v) is 16.1. The second kappa shape index (κ2) is 9.06. The maximum atomic E-state index is 11.6. The summed E-state index contributed by atoms with van der Waals surface area (Å²) in [5.41, 5.74) is 1.45. The van der Waals surface area contributed by atoms with Gasteiger partial charge in [-0.25, -0.2) is 0 Å². The standard InChI is InChI=1S/C21H32N4O/c1-3-23-21(25-11-9-16(10-12-25)13-20(26)22-2)24-15-18-14-19(18)17-7-5-4-6-8-17/h4-8,16,18-19H,3,9-15H2,1-2H3,(H,22,26)(H,23,24). The number of carbonyl (C=O) groups excluding carboxylic acids is 1. The summed E-state index contributed by atoms with van der Waals surface area (Å²) >= 11 is 0. The van der Waals surface area contributed by atoms with Crippen LogP contribution >= 0.6 is 0 Å². The molecule has 0 aromatic heterocycles. The molecule has 1 saturated carbocycles. The Labute approximate surface area is 157 Å². The Morgan fingerprint density at radius 1 is 1.23 bits per heavy atom. The van der Waals surface area contributed by atoms with Crippen LogP contribution in [0.15, 0.2) is 35.3 Å². The van der Waals surface area contributed by atoms with Crippen molar-refractivity contribution in [1.29, 1.82) is 0 Å². The number of amides is 1. The van der Waals surface area contributed by atoms with Gasteiger partial charge < -0.3 is 15.5 Å². The summed E-state index contributed by atoms with van der Waals surface area (Å²) in [6.07, 6.45) is 4.03. The molecular formula is C21H32N4O. The lowest BCUT2D eigenvalue weighted by Crippen LogP contribution is -2.46. The van der Waals surface area contributed by atoms with E-state index >= 15 is 0 Å². The molecule has 5 nitrogen and oxygen atoms in total. The molecule has 2 atom stereocenters. The molecule has 0 radical (unpaired) electrons. The summed E-state index contributed by atoms with van der Waals surface area (Å²) < 4.78 is 0. The van der Waals surface area contributed by atoms with Crippen molar-refractivity contribution in [2.75, 3.05) is 33.2 Å². The average molecular weight is 357 g/mol. The van der Waals surface area contributed by atoms with Crippen molar-refractivity contribution in [2.24, 2.45) is 16.8 Å². The number of hydrogen-bond acceptors (Lipinski definition) is 2. The SMILES string of the molecule is CCNC(=NCC1CC1c1ccccc1)N1CCC(CC(=O)NC)CC1. The molecule has 1 heterocycles. The third kappa shape index (κ3) is 4.99. The van der Waals surface area contributed by atoms with Crippen LogP contribution < -0.4 is 10.6 Å². The van der Waals surface area contributed by atoms with Crippen LogP contribution in [-0.4, -0.2) is 50.0 Å². The first-order chi connectivity index (χ1) is 12.7. The molecular weight excluding hydrogens is 324 g/mol. The molecule has 2 unspecified atom stereocenters. The lowest BCUT2D eigenvalue weighted by molar-refractivity contribution is -0.121. The number of aliphatic imine (C=N–C) groups is 1. The number of benzene rings is 1. The smallest absolute Gasteiger partial charge is 0.220 e. The van der Waals surface area contributed by atoms with Gasteiger partial charge in [-0.2, -0.15) is 0 Å². The van der Waals surface area contributed by atoms with E-state index in [2.05, 4.69) is 52.8 Å². The number of nitrogens with one attached hydrogen (secondary N) is 2. The molecule has 0 bridgehead atoms. The van der Waals surface area contributed by atoms with Crippen molar-refractivity contribution in [1.82, 2.24) is 15.5 Å². The van der Waals surface area contributed by atoms with E-state index in [0.29, 0.717) is 24.2 Å². The summed E-state index contributed by atoms with van der Waals surface area (Å²) in [6, 6.07) is 10.8. The van der Waals surface area contributed by atoms with Crippen LogP contribution in [0.1, 0.15) is 44.1 Å². The highest BCUT2D eigenvalue weighted by molar-refractivity contribution is 5.80. The molecule has 5 heteroatoms. The molecule has 1 aliphatic carbocycles. The minimum atomic E-state index is 0.157. The van der Waals surface area contributed by atoms with Gasteiger partial charge in [0.1, 0.15) is 0 Å². The third-order valence-corrected chi connectivity index (χ3v) is 5.63. The van der Waals surface area contributed by atoms with Gasteiger partial charge in [0.2, 0.25) is 5.91 Å². The number of nitrogens with zero attached hydrogens (tertiary/aromatic N) is 2. The first-order valence-electron chi connectivity index (χ1n) is 10.00. The lowest BCUT2D eigenvalue weighted by Gasteiger charge is -2.34. The fourth-order valence-corrected chi connectivity index (χ4v) is 3.90. The topological polar surface area (TPSA) is 56.7 Å². The van der Waals surface area contributed by atoms with Gasteiger partial charge in [-0.15, -0.1) is 0 Å². The molecule has 26 heavy (non-hydrogen) atoms. The van der Waals surface area contributed by atoms with Crippen molar-refractivity contribution < 1.29 is 4.79 Å². The summed E-state index contributed by atoms with van der Waals surface area (Å²) in [4.78, 5) is 18.9. The maximum absolute atomic E-state index is 11.6. The molecule has 2 fully saturated rings. The van der Waals surface area contributed by atoms with Crippen LogP contribution in [0.3, 0.4) is 0 Å². The molecule has 2 aliphatic rings. The van der Waals surface area contributed by atoms with Crippen LogP contribution in [0, 0.1) is 11.8 Å². The van der Waals surface area contributed by atoms with E-state index in [1.54, 1.807) is 7.05 Å². The molecule has 142 valence electrons. The van der Waals surface area contributed by atoms with Gasteiger partial charge in [0.15, 0.2) is 5.96 Å². The van der Waals surface area contributed by atoms with Crippen molar-refractivity contribution >= 4 is 11.9 Å². The predicted molar refractivity (Wildman–Crippen MR) is 106 cm³/mol. The fraction of sp³-hybridized carbons (Fsp3) is 0.619. The first kappa shape index (κ1) is 18.7. The zero-order valence-electron chi connectivity index (χ0n) is 16.1. The van der Waals surface area contributed by atoms with E-state index in [1.807, 2.05) is 0 Å². The molecule has 1 saturated heterocycles. The Morgan fingerprint density at radius 3 is 2.62 bits per heavy atom. The number of likely N-dealkylation sites (tertiary alicyclic amines) is 1. The van der Waals surface area contributed by atoms with Crippen molar-refractivity contribution in [3.63, 3.8) is 0 Å². The first-order valence-corrected chi connectivity index (χ1v) is 10.00. The number of piperidine rings is 1. The summed E-state index contributed by atoms with van der Waals surface area (Å²) in [5.74, 6) is 3.06. The van der Waals surface area contributed by atoms with E-state index in [9.17, 15) is 4.79 Å². The molecule has 1 aromatic rings. The second-order valence-corrected chi connectivity index (χ2v) is 7.52. The van der Waals surface area contributed by atoms with Crippen molar-refractivity contribution in [3.05, 3.63) is 35.9 Å². The molecule has 2 N–H and O–H groups in total. The molecule has 1 aliphatic heterocycles. The van der Waals surface area contributed by atoms with Gasteiger partial charge in [-0.3, -0.25) is 9.79 Å². The number of rotatable bonds is 6. The van der Waals surface area contributed by atoms with E-state index in [4.69, 9.17) is 4.99 Å². The Morgan fingerprint density at radius 2 is 1.96 bits per heavy atom. The third-order valence-electron chi connectivity index (χ3n) is 5.63. The van der Waals surface area contributed by atoms with E-state index in [1.165, 1.54) is 12.0 Å². The largest absolute Gasteiger partial charge is 0.359 e. The minimum Gasteiger partial charge on any atom is -0.359 e. The summed E-state index contributed by atoms with van der Waals surface area (Å²) in [6.45, 7) is 5.89. The number of guanidine groups is 1. The van der Waals surface area contributed by atoms with Crippen LogP contribution in [-0.2, 0) is 4.79 Å². The molecule has 3 rings (SSSR count). The van der Waals surface area contributed by atoms with Gasteiger partial charge in [-0.05, 0) is 49.5 Å². The van der Waals surface area contributed by atoms with Gasteiger partial charge >= 0.3 is 0 Å². The predicted octanol–water partition coefficient (Wildman–Crippen LogP) is 2.60. The lowest BCUT2D eigenvalue weighted by atomic mass is 9.93. The second-order valence-electron chi connectivity index (χ2n) is 7.52. The van der Waals surface area contributed by atoms with Gasteiger partial charge in [0.25, 0.3) is 0 Å². The highest BCUT2D eigenvalue weighted by atomic mass is 16.1. The Kier molecular flexibility index (Phi) is 6.53. The quantitative estimate of drug-likeness (QED) is 0.608. The number of hydrogen-bond donors (Lipinski definition) is 2. The monoisotopic (exact) mass is 356 g/mol. The normalized spacial score (nSPS) is 23.6. The van der Waals surface area contributed by atoms with Crippen molar-refractivity contribution in [3.8, 4) is 0 Å². The average Bonchev–Trinajstić information content (AvgIpc) is 3.46. The highest BCUT2D eigenvalue weighted by Gasteiger charge is 2.38. The zero-order chi connectivity index (χ0) is 18.4. The Hall–Kier alpha value is -2.04. The van der Waals surface area contributed by atoms with Gasteiger partial charge in [0, 0.05) is 39.6 Å². The summed E-state index contributed by atoms with van der Waals surface area (Å²) in [7, 11) is 1.72. The van der Waals surface area contributed by atoms with E-state index in [0.717, 1.165) is 45.0 Å². The maximum Gasteiger partial charge on any atom is 0.220 e. The molecule has 1 aromatic carbocycles. The Balaban J connectivity index is 1.50. The van der Waals surface area contributed by atoms with Crippen LogP contribution in [0.2, 0.25) is 0 Å². The van der Waals surface area contributed by atoms with E-state index in [-0.39, 0.29) is 5.91 Å². The number of carbonyl (C=O) groups is 1. The molecule has 0 spiro atoms. The van der Waals surface area contributed by atoms with E-state index < -0.39 is 0 Å².